The van der Waals surface area contributed by atoms with Crippen molar-refractivity contribution >= 4 is 16.5 Å². The molecule has 1 aromatic carbocycles. The van der Waals surface area contributed by atoms with Crippen LogP contribution in [0.4, 0.5) is 10.1 Å². The Morgan fingerprint density at radius 3 is 2.67 bits per heavy atom. The van der Waals surface area contributed by atoms with Crippen LogP contribution in [0.25, 0.3) is 0 Å². The van der Waals surface area contributed by atoms with E-state index in [1.165, 1.54) is 18.2 Å². The zero-order valence-electron chi connectivity index (χ0n) is 8.41. The zero-order chi connectivity index (χ0) is 10.8. The maximum Gasteiger partial charge on any atom is 0.124 e. The number of anilines is 1. The normalized spacial score (nSPS) is 19.3. The van der Waals surface area contributed by atoms with Crippen molar-refractivity contribution in [3.8, 4) is 0 Å². The number of benzene rings is 1. The molecule has 0 aromatic heterocycles. The Bertz CT molecular complexity index is 388. The van der Waals surface area contributed by atoms with E-state index < -0.39 is 10.8 Å². The van der Waals surface area contributed by atoms with Crippen molar-refractivity contribution in [3.05, 3.63) is 24.0 Å². The monoisotopic (exact) mass is 227 g/mol. The Balaban J connectivity index is 2.27. The first kappa shape index (κ1) is 10.6. The van der Waals surface area contributed by atoms with Crippen LogP contribution in [0.1, 0.15) is 25.7 Å². The topological polar surface area (TPSA) is 43.1 Å². The van der Waals surface area contributed by atoms with Crippen molar-refractivity contribution in [1.29, 1.82) is 0 Å². The number of nitrogens with two attached hydrogens (primary N) is 1. The van der Waals surface area contributed by atoms with Crippen LogP contribution >= 0.6 is 0 Å². The van der Waals surface area contributed by atoms with Gasteiger partial charge in [-0.15, -0.1) is 0 Å². The van der Waals surface area contributed by atoms with E-state index >= 15 is 0 Å². The summed E-state index contributed by atoms with van der Waals surface area (Å²) in [6.45, 7) is 0. The molecule has 0 aliphatic heterocycles. The molecule has 4 heteroatoms. The Hall–Kier alpha value is -0.900. The highest BCUT2D eigenvalue weighted by Gasteiger charge is 2.24. The van der Waals surface area contributed by atoms with Gasteiger partial charge in [0.1, 0.15) is 5.82 Å². The third kappa shape index (κ3) is 2.20. The average molecular weight is 227 g/mol. The SMILES string of the molecule is Nc1ccc(F)cc1S(=O)C1CCCC1. The van der Waals surface area contributed by atoms with Gasteiger partial charge in [-0.05, 0) is 31.0 Å². The van der Waals surface area contributed by atoms with E-state index in [-0.39, 0.29) is 11.1 Å². The molecule has 1 aliphatic rings. The number of halogens is 1. The maximum absolute atomic E-state index is 13.0. The smallest absolute Gasteiger partial charge is 0.124 e. The van der Waals surface area contributed by atoms with E-state index in [9.17, 15) is 8.60 Å². The van der Waals surface area contributed by atoms with Gasteiger partial charge in [-0.1, -0.05) is 12.8 Å². The summed E-state index contributed by atoms with van der Waals surface area (Å²) >= 11 is 0. The van der Waals surface area contributed by atoms with Gasteiger partial charge >= 0.3 is 0 Å². The van der Waals surface area contributed by atoms with Crippen molar-refractivity contribution in [2.24, 2.45) is 0 Å². The molecule has 0 saturated heterocycles. The van der Waals surface area contributed by atoms with Crippen LogP contribution in [0.5, 0.6) is 0 Å². The molecule has 0 heterocycles. The molecule has 2 rings (SSSR count). The van der Waals surface area contributed by atoms with Gasteiger partial charge in [-0.2, -0.15) is 0 Å². The molecule has 1 atom stereocenters. The van der Waals surface area contributed by atoms with Crippen LogP contribution in [0.15, 0.2) is 23.1 Å². The van der Waals surface area contributed by atoms with Crippen LogP contribution in [-0.2, 0) is 10.8 Å². The zero-order valence-corrected chi connectivity index (χ0v) is 9.23. The van der Waals surface area contributed by atoms with Crippen molar-refractivity contribution in [3.63, 3.8) is 0 Å². The highest BCUT2D eigenvalue weighted by molar-refractivity contribution is 7.85. The van der Waals surface area contributed by atoms with Crippen molar-refractivity contribution in [1.82, 2.24) is 0 Å². The Labute approximate surface area is 91.1 Å². The summed E-state index contributed by atoms with van der Waals surface area (Å²) in [4.78, 5) is 0.460. The highest BCUT2D eigenvalue weighted by Crippen LogP contribution is 2.29. The molecule has 0 bridgehead atoms. The van der Waals surface area contributed by atoms with Crippen LogP contribution in [0.2, 0.25) is 0 Å². The molecule has 1 fully saturated rings. The molecule has 0 spiro atoms. The van der Waals surface area contributed by atoms with Gasteiger partial charge in [0.2, 0.25) is 0 Å². The fourth-order valence-corrected chi connectivity index (χ4v) is 3.61. The van der Waals surface area contributed by atoms with Gasteiger partial charge in [0, 0.05) is 10.9 Å². The molecule has 2 N–H and O–H groups in total. The van der Waals surface area contributed by atoms with Crippen molar-refractivity contribution in [2.45, 2.75) is 35.8 Å². The molecule has 15 heavy (non-hydrogen) atoms. The molecular formula is C11H14FNOS. The molecule has 1 saturated carbocycles. The summed E-state index contributed by atoms with van der Waals surface area (Å²) in [7, 11) is -1.15. The molecule has 1 unspecified atom stereocenters. The lowest BCUT2D eigenvalue weighted by atomic mass is 10.3. The van der Waals surface area contributed by atoms with E-state index in [1.807, 2.05) is 0 Å². The molecule has 0 amide bonds. The predicted octanol–water partition coefficient (Wildman–Crippen LogP) is 2.46. The second-order valence-corrected chi connectivity index (χ2v) is 5.59. The largest absolute Gasteiger partial charge is 0.398 e. The summed E-state index contributed by atoms with van der Waals surface area (Å²) in [5, 5.41) is 0.161. The second kappa shape index (κ2) is 4.31. The second-order valence-electron chi connectivity index (χ2n) is 3.89. The minimum Gasteiger partial charge on any atom is -0.398 e. The molecular weight excluding hydrogens is 213 g/mol. The number of nitrogen functional groups attached to an aromatic ring is 1. The van der Waals surface area contributed by atoms with Crippen molar-refractivity contribution < 1.29 is 8.60 Å². The first-order valence-corrected chi connectivity index (χ1v) is 6.35. The Morgan fingerprint density at radius 1 is 1.33 bits per heavy atom. The van der Waals surface area contributed by atoms with Crippen LogP contribution in [0, 0.1) is 5.82 Å². The van der Waals surface area contributed by atoms with Gasteiger partial charge in [0.15, 0.2) is 0 Å². The quantitative estimate of drug-likeness (QED) is 0.789. The lowest BCUT2D eigenvalue weighted by Crippen LogP contribution is -2.12. The van der Waals surface area contributed by atoms with E-state index in [4.69, 9.17) is 5.73 Å². The first-order chi connectivity index (χ1) is 7.18. The average Bonchev–Trinajstić information content (AvgIpc) is 2.74. The lowest BCUT2D eigenvalue weighted by Gasteiger charge is -2.11. The highest BCUT2D eigenvalue weighted by atomic mass is 32.2. The lowest BCUT2D eigenvalue weighted by molar-refractivity contribution is 0.622. The molecule has 82 valence electrons. The predicted molar refractivity (Wildman–Crippen MR) is 59.5 cm³/mol. The minimum absolute atomic E-state index is 0.161. The van der Waals surface area contributed by atoms with Gasteiger partial charge in [-0.3, -0.25) is 4.21 Å². The summed E-state index contributed by atoms with van der Waals surface area (Å²) in [6, 6.07) is 4.08. The fourth-order valence-electron chi connectivity index (χ4n) is 1.96. The maximum atomic E-state index is 13.0. The van der Waals surface area contributed by atoms with E-state index in [0.29, 0.717) is 10.6 Å². The van der Waals surface area contributed by atoms with Gasteiger partial charge in [-0.25, -0.2) is 4.39 Å². The Morgan fingerprint density at radius 2 is 2.00 bits per heavy atom. The standard InChI is InChI=1S/C11H14FNOS/c12-8-5-6-10(13)11(7-8)15(14)9-3-1-2-4-9/h5-7,9H,1-4,13H2. The summed E-state index contributed by atoms with van der Waals surface area (Å²) < 4.78 is 25.1. The van der Waals surface area contributed by atoms with Crippen LogP contribution < -0.4 is 5.73 Å². The van der Waals surface area contributed by atoms with Crippen LogP contribution in [-0.4, -0.2) is 9.46 Å². The number of hydrogen-bond donors (Lipinski definition) is 1. The van der Waals surface area contributed by atoms with E-state index in [0.717, 1.165) is 25.7 Å². The van der Waals surface area contributed by atoms with Gasteiger partial charge in [0.05, 0.1) is 15.7 Å². The fraction of sp³-hybridized carbons (Fsp3) is 0.455. The minimum atomic E-state index is -1.15. The summed E-state index contributed by atoms with van der Waals surface area (Å²) in [5.74, 6) is -0.370. The Kier molecular flexibility index (Phi) is 3.05. The molecule has 1 aliphatic carbocycles. The molecule has 0 radical (unpaired) electrons. The summed E-state index contributed by atoms with van der Waals surface area (Å²) in [6.07, 6.45) is 4.16. The number of rotatable bonds is 2. The molecule has 2 nitrogen and oxygen atoms in total. The third-order valence-electron chi connectivity index (χ3n) is 2.80. The van der Waals surface area contributed by atoms with Gasteiger partial charge in [0.25, 0.3) is 0 Å². The number of hydrogen-bond acceptors (Lipinski definition) is 2. The van der Waals surface area contributed by atoms with E-state index in [1.54, 1.807) is 0 Å². The summed E-state index contributed by atoms with van der Waals surface area (Å²) in [5.41, 5.74) is 6.13. The van der Waals surface area contributed by atoms with Crippen molar-refractivity contribution in [2.75, 3.05) is 5.73 Å². The van der Waals surface area contributed by atoms with Gasteiger partial charge < -0.3 is 5.73 Å². The molecule has 1 aromatic rings. The first-order valence-electron chi connectivity index (χ1n) is 5.14. The third-order valence-corrected chi connectivity index (χ3v) is 4.66. The van der Waals surface area contributed by atoms with E-state index in [2.05, 4.69) is 0 Å². The van der Waals surface area contributed by atoms with Crippen LogP contribution in [0.3, 0.4) is 0 Å².